The molecule has 0 saturated carbocycles. The Morgan fingerprint density at radius 3 is 2.13 bits per heavy atom. The van der Waals surface area contributed by atoms with E-state index in [1.165, 1.54) is 0 Å². The Balaban J connectivity index is 2.19. The van der Waals surface area contributed by atoms with Gasteiger partial charge in [0.15, 0.2) is 0 Å². The summed E-state index contributed by atoms with van der Waals surface area (Å²) in [6.45, 7) is 7.88. The minimum Gasteiger partial charge on any atom is -0.480 e. The second-order valence-electron chi connectivity index (χ2n) is 10.8. The molecule has 1 heterocycles. The number of unbranched alkanes of at least 4 members (excludes halogenated alkanes) is 1. The second kappa shape index (κ2) is 15.2. The van der Waals surface area contributed by atoms with E-state index in [4.69, 9.17) is 11.5 Å². The molecule has 0 bridgehead atoms. The number of H-pyrrole nitrogens is 1. The molecule has 4 unspecified atom stereocenters. The lowest BCUT2D eigenvalue weighted by atomic mass is 9.99. The molecule has 3 amide bonds. The number of rotatable bonds is 16. The van der Waals surface area contributed by atoms with Crippen LogP contribution >= 0.6 is 0 Å². The molecule has 9 N–H and O–H groups in total. The Hall–Kier alpha value is -3.44. The zero-order valence-corrected chi connectivity index (χ0v) is 23.3. The van der Waals surface area contributed by atoms with Gasteiger partial charge in [0.25, 0.3) is 0 Å². The maximum absolute atomic E-state index is 13.3. The predicted molar refractivity (Wildman–Crippen MR) is 151 cm³/mol. The number of para-hydroxylation sites is 1. The summed E-state index contributed by atoms with van der Waals surface area (Å²) in [5.41, 5.74) is 13.2. The highest BCUT2D eigenvalue weighted by Gasteiger charge is 2.31. The number of amides is 3. The molecule has 2 rings (SSSR count). The third-order valence-electron chi connectivity index (χ3n) is 6.65. The van der Waals surface area contributed by atoms with Gasteiger partial charge >= 0.3 is 5.97 Å². The van der Waals surface area contributed by atoms with Crippen molar-refractivity contribution in [3.8, 4) is 0 Å². The van der Waals surface area contributed by atoms with E-state index in [0.29, 0.717) is 25.8 Å². The van der Waals surface area contributed by atoms with Crippen molar-refractivity contribution in [3.05, 3.63) is 36.0 Å². The number of nitrogens with two attached hydrogens (primary N) is 2. The number of carboxylic acid groups (broad SMARTS) is 1. The van der Waals surface area contributed by atoms with Crippen LogP contribution in [0.1, 0.15) is 58.9 Å². The summed E-state index contributed by atoms with van der Waals surface area (Å²) in [6.07, 6.45) is 3.59. The number of hydrogen-bond acceptors (Lipinski definition) is 6. The Bertz CT molecular complexity index is 1110. The summed E-state index contributed by atoms with van der Waals surface area (Å²) in [5.74, 6) is -2.81. The van der Waals surface area contributed by atoms with Crippen molar-refractivity contribution in [1.29, 1.82) is 0 Å². The quantitative estimate of drug-likeness (QED) is 0.155. The van der Waals surface area contributed by atoms with Crippen LogP contribution in [0.5, 0.6) is 0 Å². The summed E-state index contributed by atoms with van der Waals surface area (Å²) < 4.78 is 0. The number of carbonyl (C=O) groups is 4. The van der Waals surface area contributed by atoms with Gasteiger partial charge in [-0.25, -0.2) is 4.79 Å². The Labute approximate surface area is 229 Å². The first-order valence-electron chi connectivity index (χ1n) is 13.6. The summed E-state index contributed by atoms with van der Waals surface area (Å²) in [4.78, 5) is 54.4. The fourth-order valence-electron chi connectivity index (χ4n) is 4.30. The lowest BCUT2D eigenvalue weighted by Crippen LogP contribution is -2.58. The third kappa shape index (κ3) is 9.67. The van der Waals surface area contributed by atoms with Crippen molar-refractivity contribution in [3.63, 3.8) is 0 Å². The average Bonchev–Trinajstić information content (AvgIpc) is 3.29. The monoisotopic (exact) mass is 544 g/mol. The van der Waals surface area contributed by atoms with Gasteiger partial charge in [-0.3, -0.25) is 14.4 Å². The van der Waals surface area contributed by atoms with Crippen molar-refractivity contribution in [2.45, 2.75) is 84.0 Å². The predicted octanol–water partition coefficient (Wildman–Crippen LogP) is 1.41. The van der Waals surface area contributed by atoms with Gasteiger partial charge in [-0.1, -0.05) is 45.9 Å². The zero-order chi connectivity index (χ0) is 29.1. The molecule has 0 fully saturated rings. The number of aromatic nitrogens is 1. The maximum Gasteiger partial charge on any atom is 0.326 e. The molecule has 0 spiro atoms. The number of fused-ring (bicyclic) bond motifs is 1. The SMILES string of the molecule is CC(C)CC(NC(=O)C(N)C(C)C)C(=O)NC(CCCCN)C(=O)NC(Cc1c[nH]c2ccccc12)C(=O)O. The van der Waals surface area contributed by atoms with Crippen LogP contribution in [-0.2, 0) is 25.6 Å². The molecule has 1 aromatic heterocycles. The second-order valence-corrected chi connectivity index (χ2v) is 10.8. The minimum absolute atomic E-state index is 0.0632. The van der Waals surface area contributed by atoms with E-state index in [9.17, 15) is 24.3 Å². The van der Waals surface area contributed by atoms with E-state index >= 15 is 0 Å². The van der Waals surface area contributed by atoms with Gasteiger partial charge in [-0.2, -0.15) is 0 Å². The van der Waals surface area contributed by atoms with Gasteiger partial charge < -0.3 is 37.5 Å². The molecule has 11 nitrogen and oxygen atoms in total. The summed E-state index contributed by atoms with van der Waals surface area (Å²) in [5, 5.41) is 18.8. The van der Waals surface area contributed by atoms with Gasteiger partial charge in [-0.05, 0) is 55.7 Å². The first-order valence-corrected chi connectivity index (χ1v) is 13.6. The largest absolute Gasteiger partial charge is 0.480 e. The Morgan fingerprint density at radius 2 is 1.51 bits per heavy atom. The molecule has 0 aliphatic carbocycles. The van der Waals surface area contributed by atoms with Crippen LogP contribution in [0.15, 0.2) is 30.5 Å². The molecule has 1 aromatic carbocycles. The number of carboxylic acids is 1. The molecule has 11 heteroatoms. The number of nitrogens with one attached hydrogen (secondary N) is 4. The van der Waals surface area contributed by atoms with E-state index in [1.807, 2.05) is 52.0 Å². The molecule has 39 heavy (non-hydrogen) atoms. The fourth-order valence-corrected chi connectivity index (χ4v) is 4.30. The number of benzene rings is 1. The summed E-state index contributed by atoms with van der Waals surface area (Å²) in [6, 6.07) is 3.62. The molecule has 0 radical (unpaired) electrons. The van der Waals surface area contributed by atoms with Gasteiger partial charge in [0.2, 0.25) is 17.7 Å². The number of aliphatic carboxylic acids is 1. The van der Waals surface area contributed by atoms with Crippen LogP contribution < -0.4 is 27.4 Å². The molecule has 0 aliphatic rings. The van der Waals surface area contributed by atoms with E-state index in [0.717, 1.165) is 16.5 Å². The highest BCUT2D eigenvalue weighted by atomic mass is 16.4. The Kier molecular flexibility index (Phi) is 12.4. The molecule has 216 valence electrons. The van der Waals surface area contributed by atoms with Crippen molar-refractivity contribution in [2.24, 2.45) is 23.3 Å². The lowest BCUT2D eigenvalue weighted by Gasteiger charge is -2.26. The van der Waals surface area contributed by atoms with Gasteiger partial charge in [-0.15, -0.1) is 0 Å². The van der Waals surface area contributed by atoms with Crippen LogP contribution in [-0.4, -0.2) is 64.5 Å². The van der Waals surface area contributed by atoms with E-state index in [1.54, 1.807) is 6.20 Å². The number of aromatic amines is 1. The third-order valence-corrected chi connectivity index (χ3v) is 6.65. The molecular formula is C28H44N6O5. The van der Waals surface area contributed by atoms with Crippen LogP contribution in [0, 0.1) is 11.8 Å². The van der Waals surface area contributed by atoms with E-state index < -0.39 is 47.9 Å². The normalized spacial score (nSPS) is 14.6. The first kappa shape index (κ1) is 31.8. The lowest BCUT2D eigenvalue weighted by molar-refractivity contribution is -0.142. The Morgan fingerprint density at radius 1 is 0.897 bits per heavy atom. The van der Waals surface area contributed by atoms with Crippen LogP contribution in [0.4, 0.5) is 0 Å². The minimum atomic E-state index is -1.21. The van der Waals surface area contributed by atoms with Crippen LogP contribution in [0.3, 0.4) is 0 Å². The fraction of sp³-hybridized carbons (Fsp3) is 0.571. The summed E-state index contributed by atoms with van der Waals surface area (Å²) in [7, 11) is 0. The topological polar surface area (TPSA) is 192 Å². The van der Waals surface area contributed by atoms with Gasteiger partial charge in [0, 0.05) is 23.5 Å². The molecule has 0 aliphatic heterocycles. The number of hydrogen-bond donors (Lipinski definition) is 7. The van der Waals surface area contributed by atoms with Gasteiger partial charge in [0.05, 0.1) is 6.04 Å². The van der Waals surface area contributed by atoms with Gasteiger partial charge in [0.1, 0.15) is 18.1 Å². The summed E-state index contributed by atoms with van der Waals surface area (Å²) >= 11 is 0. The highest BCUT2D eigenvalue weighted by Crippen LogP contribution is 2.19. The highest BCUT2D eigenvalue weighted by molar-refractivity contribution is 5.94. The van der Waals surface area contributed by atoms with Crippen molar-refractivity contribution in [1.82, 2.24) is 20.9 Å². The average molecular weight is 545 g/mol. The van der Waals surface area contributed by atoms with Crippen molar-refractivity contribution >= 4 is 34.6 Å². The smallest absolute Gasteiger partial charge is 0.326 e. The molecule has 4 atom stereocenters. The van der Waals surface area contributed by atoms with E-state index in [-0.39, 0.29) is 24.7 Å². The number of carbonyl (C=O) groups excluding carboxylic acids is 3. The van der Waals surface area contributed by atoms with E-state index in [2.05, 4.69) is 20.9 Å². The van der Waals surface area contributed by atoms with Crippen molar-refractivity contribution < 1.29 is 24.3 Å². The maximum atomic E-state index is 13.3. The van der Waals surface area contributed by atoms with Crippen LogP contribution in [0.25, 0.3) is 10.9 Å². The first-order chi connectivity index (χ1) is 18.4. The molecule has 0 saturated heterocycles. The molecular weight excluding hydrogens is 500 g/mol. The zero-order valence-electron chi connectivity index (χ0n) is 23.3. The molecule has 2 aromatic rings. The van der Waals surface area contributed by atoms with Crippen molar-refractivity contribution in [2.75, 3.05) is 6.54 Å². The van der Waals surface area contributed by atoms with Crippen LogP contribution in [0.2, 0.25) is 0 Å². The standard InChI is InChI=1S/C28H44N6O5/c1-16(2)13-22(33-27(37)24(30)17(3)4)26(36)32-21(11-7-8-12-29)25(35)34-23(28(38)39)14-18-15-31-20-10-6-5-9-19(18)20/h5-6,9-10,15-17,21-24,31H,7-8,11-14,29-30H2,1-4H3,(H,32,36)(H,33,37)(H,34,35)(H,38,39).